The number of hydrogen-bond acceptors (Lipinski definition) is 4. The van der Waals surface area contributed by atoms with Crippen LogP contribution in [0.4, 0.5) is 10.6 Å². The lowest BCUT2D eigenvalue weighted by Gasteiger charge is -2.31. The Bertz CT molecular complexity index is 1180. The largest absolute Gasteiger partial charge is 0.444 e. The van der Waals surface area contributed by atoms with Crippen molar-refractivity contribution in [3.63, 3.8) is 0 Å². The lowest BCUT2D eigenvalue weighted by molar-refractivity contribution is 0.0224. The van der Waals surface area contributed by atoms with E-state index >= 15 is 0 Å². The average molecular weight is 467 g/mol. The van der Waals surface area contributed by atoms with Gasteiger partial charge in [0.05, 0.1) is 6.33 Å². The van der Waals surface area contributed by atoms with Crippen LogP contribution in [0.15, 0.2) is 55.0 Å². The van der Waals surface area contributed by atoms with Crippen LogP contribution in [0.25, 0.3) is 0 Å². The highest BCUT2D eigenvalue weighted by atomic mass is 35.5. The highest BCUT2D eigenvalue weighted by Gasteiger charge is 2.26. The van der Waals surface area contributed by atoms with Crippen LogP contribution < -0.4 is 5.32 Å². The number of carbonyl (C=O) groups excluding carboxylic acids is 2. The Morgan fingerprint density at radius 3 is 2.73 bits per heavy atom. The number of aromatic nitrogens is 2. The molecule has 1 aliphatic rings. The van der Waals surface area contributed by atoms with Gasteiger partial charge in [0, 0.05) is 36.4 Å². The first-order valence-corrected chi connectivity index (χ1v) is 11.2. The first-order chi connectivity index (χ1) is 15.7. The number of amides is 2. The molecule has 8 heteroatoms. The maximum Gasteiger partial charge on any atom is 0.410 e. The van der Waals surface area contributed by atoms with Crippen molar-refractivity contribution in [3.05, 3.63) is 82.3 Å². The van der Waals surface area contributed by atoms with Gasteiger partial charge < -0.3 is 19.5 Å². The minimum atomic E-state index is -0.527. The van der Waals surface area contributed by atoms with E-state index in [1.807, 2.05) is 61.7 Å². The topological polar surface area (TPSA) is 76.5 Å². The van der Waals surface area contributed by atoms with Gasteiger partial charge in [-0.2, -0.15) is 0 Å². The lowest BCUT2D eigenvalue weighted by Crippen LogP contribution is -2.39. The molecule has 0 radical (unpaired) electrons. The summed E-state index contributed by atoms with van der Waals surface area (Å²) in [6.45, 7) is 7.20. The van der Waals surface area contributed by atoms with Gasteiger partial charge in [0.1, 0.15) is 5.60 Å². The third-order valence-corrected chi connectivity index (χ3v) is 5.50. The molecule has 3 aromatic rings. The van der Waals surface area contributed by atoms with Crippen molar-refractivity contribution in [1.29, 1.82) is 0 Å². The van der Waals surface area contributed by atoms with E-state index in [0.29, 0.717) is 42.5 Å². The number of ether oxygens (including phenoxy) is 1. The second-order valence-corrected chi connectivity index (χ2v) is 9.59. The van der Waals surface area contributed by atoms with Crippen molar-refractivity contribution in [2.45, 2.75) is 45.9 Å². The molecule has 0 bridgehead atoms. The third kappa shape index (κ3) is 5.93. The molecule has 172 valence electrons. The zero-order valence-corrected chi connectivity index (χ0v) is 19.7. The molecule has 0 aliphatic carbocycles. The fourth-order valence-corrected chi connectivity index (χ4v) is 3.94. The van der Waals surface area contributed by atoms with Gasteiger partial charge in [-0.05, 0) is 68.1 Å². The van der Waals surface area contributed by atoms with E-state index < -0.39 is 5.60 Å². The summed E-state index contributed by atoms with van der Waals surface area (Å²) in [6, 6.07) is 13.2. The van der Waals surface area contributed by atoms with Gasteiger partial charge in [-0.3, -0.25) is 4.79 Å². The number of anilines is 1. The Kier molecular flexibility index (Phi) is 6.42. The van der Waals surface area contributed by atoms with E-state index in [9.17, 15) is 9.59 Å². The second-order valence-electron chi connectivity index (χ2n) is 9.15. The van der Waals surface area contributed by atoms with E-state index in [1.165, 1.54) is 0 Å². The molecule has 1 aliphatic heterocycles. The Labute approximate surface area is 198 Å². The minimum Gasteiger partial charge on any atom is -0.444 e. The first-order valence-electron chi connectivity index (χ1n) is 10.8. The van der Waals surface area contributed by atoms with Crippen LogP contribution in [0.2, 0.25) is 5.02 Å². The molecule has 0 saturated heterocycles. The standard InChI is InChI=1S/C25H27ClN4O3/c1-25(2,3)33-24(32)30-10-9-18-12-19(7-8-20(18)14-30)23(31)28-22-15-29(16-27-22)13-17-5-4-6-21(26)11-17/h4-8,11-12,15-16H,9-10,13-14H2,1-3H3,(H,28,31). The molecule has 1 N–H and O–H groups in total. The molecule has 0 spiro atoms. The summed E-state index contributed by atoms with van der Waals surface area (Å²) in [5.41, 5.74) is 3.17. The Morgan fingerprint density at radius 2 is 1.97 bits per heavy atom. The number of fused-ring (bicyclic) bond motifs is 1. The number of halogens is 1. The van der Waals surface area contributed by atoms with Crippen molar-refractivity contribution >= 4 is 29.4 Å². The number of benzene rings is 2. The Balaban J connectivity index is 1.38. The molecule has 0 saturated carbocycles. The van der Waals surface area contributed by atoms with Gasteiger partial charge in [0.15, 0.2) is 5.82 Å². The monoisotopic (exact) mass is 466 g/mol. The SMILES string of the molecule is CC(C)(C)OC(=O)N1CCc2cc(C(=O)Nc3cn(Cc4cccc(Cl)c4)cn3)ccc2C1. The summed E-state index contributed by atoms with van der Waals surface area (Å²) in [7, 11) is 0. The average Bonchev–Trinajstić information content (AvgIpc) is 3.18. The highest BCUT2D eigenvalue weighted by molar-refractivity contribution is 6.30. The fourth-order valence-electron chi connectivity index (χ4n) is 3.72. The molecule has 0 atom stereocenters. The summed E-state index contributed by atoms with van der Waals surface area (Å²) in [5.74, 6) is 0.260. The van der Waals surface area contributed by atoms with E-state index in [0.717, 1.165) is 16.7 Å². The van der Waals surface area contributed by atoms with Crippen molar-refractivity contribution in [1.82, 2.24) is 14.5 Å². The van der Waals surface area contributed by atoms with Gasteiger partial charge in [0.2, 0.25) is 0 Å². The van der Waals surface area contributed by atoms with Crippen molar-refractivity contribution < 1.29 is 14.3 Å². The molecule has 2 heterocycles. The van der Waals surface area contributed by atoms with Crippen molar-refractivity contribution in [2.75, 3.05) is 11.9 Å². The summed E-state index contributed by atoms with van der Waals surface area (Å²) in [6.07, 6.45) is 3.82. The molecular formula is C25H27ClN4O3. The first kappa shape index (κ1) is 22.9. The smallest absolute Gasteiger partial charge is 0.410 e. The fraction of sp³-hybridized carbons (Fsp3) is 0.320. The molecule has 0 fully saturated rings. The third-order valence-electron chi connectivity index (χ3n) is 5.26. The molecule has 4 rings (SSSR count). The van der Waals surface area contributed by atoms with Gasteiger partial charge in [0.25, 0.3) is 5.91 Å². The summed E-state index contributed by atoms with van der Waals surface area (Å²) < 4.78 is 7.36. The maximum atomic E-state index is 12.8. The Morgan fingerprint density at radius 1 is 1.15 bits per heavy atom. The zero-order chi connectivity index (χ0) is 23.6. The maximum absolute atomic E-state index is 12.8. The van der Waals surface area contributed by atoms with Gasteiger partial charge in [-0.1, -0.05) is 29.8 Å². The molecule has 1 aromatic heterocycles. The summed E-state index contributed by atoms with van der Waals surface area (Å²) >= 11 is 6.04. The van der Waals surface area contributed by atoms with Crippen LogP contribution in [-0.4, -0.2) is 38.6 Å². The van der Waals surface area contributed by atoms with Crippen molar-refractivity contribution in [2.24, 2.45) is 0 Å². The van der Waals surface area contributed by atoms with E-state index in [2.05, 4.69) is 10.3 Å². The molecule has 0 unspecified atom stereocenters. The summed E-state index contributed by atoms with van der Waals surface area (Å²) in [4.78, 5) is 31.1. The van der Waals surface area contributed by atoms with Gasteiger partial charge in [-0.15, -0.1) is 0 Å². The summed E-state index contributed by atoms with van der Waals surface area (Å²) in [5, 5.41) is 3.54. The normalized spacial score (nSPS) is 13.4. The van der Waals surface area contributed by atoms with Crippen LogP contribution in [-0.2, 0) is 24.2 Å². The van der Waals surface area contributed by atoms with E-state index in [1.54, 1.807) is 23.5 Å². The number of rotatable bonds is 4. The predicted octanol–water partition coefficient (Wildman–Crippen LogP) is 5.13. The van der Waals surface area contributed by atoms with Crippen LogP contribution >= 0.6 is 11.6 Å². The minimum absolute atomic E-state index is 0.222. The number of hydrogen-bond donors (Lipinski definition) is 1. The van der Waals surface area contributed by atoms with E-state index in [-0.39, 0.29) is 12.0 Å². The second kappa shape index (κ2) is 9.27. The van der Waals surface area contributed by atoms with Crippen LogP contribution in [0, 0.1) is 0 Å². The zero-order valence-electron chi connectivity index (χ0n) is 19.0. The predicted molar refractivity (Wildman–Crippen MR) is 128 cm³/mol. The molecule has 7 nitrogen and oxygen atoms in total. The van der Waals surface area contributed by atoms with Crippen LogP contribution in [0.5, 0.6) is 0 Å². The molecule has 33 heavy (non-hydrogen) atoms. The number of carbonyl (C=O) groups is 2. The van der Waals surface area contributed by atoms with Crippen molar-refractivity contribution in [3.8, 4) is 0 Å². The molecule has 2 amide bonds. The number of nitrogens with zero attached hydrogens (tertiary/aromatic N) is 3. The van der Waals surface area contributed by atoms with Gasteiger partial charge >= 0.3 is 6.09 Å². The number of imidazole rings is 1. The lowest BCUT2D eigenvalue weighted by atomic mass is 9.97. The van der Waals surface area contributed by atoms with Crippen LogP contribution in [0.1, 0.15) is 47.8 Å². The quantitative estimate of drug-likeness (QED) is 0.578. The highest BCUT2D eigenvalue weighted by Crippen LogP contribution is 2.23. The molecular weight excluding hydrogens is 440 g/mol. The Hall–Kier alpha value is -3.32. The van der Waals surface area contributed by atoms with Gasteiger partial charge in [-0.25, -0.2) is 9.78 Å². The van der Waals surface area contributed by atoms with Crippen LogP contribution in [0.3, 0.4) is 0 Å². The van der Waals surface area contributed by atoms with E-state index in [4.69, 9.17) is 16.3 Å². The molecule has 2 aromatic carbocycles. The number of nitrogens with one attached hydrogen (secondary N) is 1.